The zero-order valence-corrected chi connectivity index (χ0v) is 27.6. The van der Waals surface area contributed by atoms with E-state index >= 15 is 0 Å². The molecule has 0 aliphatic carbocycles. The van der Waals surface area contributed by atoms with E-state index in [1.807, 2.05) is 0 Å². The van der Waals surface area contributed by atoms with Crippen LogP contribution in [0.4, 0.5) is 0 Å². The van der Waals surface area contributed by atoms with Gasteiger partial charge in [-0.15, -0.1) is 0 Å². The van der Waals surface area contributed by atoms with Gasteiger partial charge in [0.1, 0.15) is 0 Å². The summed E-state index contributed by atoms with van der Waals surface area (Å²) in [6.45, 7) is 4.49. The third-order valence-electron chi connectivity index (χ3n) is 5.97. The van der Waals surface area contributed by atoms with E-state index < -0.39 is 11.9 Å². The number of hydrogen-bond donors (Lipinski definition) is 0. The fraction of sp³-hybridized carbons (Fsp3) is 0.929. The first-order valence-electron chi connectivity index (χ1n) is 13.9. The Labute approximate surface area is 256 Å². The van der Waals surface area contributed by atoms with Crippen molar-refractivity contribution in [3.63, 3.8) is 0 Å². The SMILES string of the molecule is CCCCCCCCCCCCCC(=O)[O-].CCCCCCCCCCCCCC(=O)[O-].[Na+].[Na+]. The van der Waals surface area contributed by atoms with E-state index in [2.05, 4.69) is 13.8 Å². The topological polar surface area (TPSA) is 80.3 Å². The van der Waals surface area contributed by atoms with Crippen LogP contribution in [0.5, 0.6) is 0 Å². The predicted molar refractivity (Wildman–Crippen MR) is 132 cm³/mol. The van der Waals surface area contributed by atoms with Crippen LogP contribution in [-0.4, -0.2) is 11.9 Å². The normalized spacial score (nSPS) is 9.94. The summed E-state index contributed by atoms with van der Waals surface area (Å²) in [5.41, 5.74) is 0. The maximum absolute atomic E-state index is 10.1. The number of carboxylic acid groups (broad SMARTS) is 2. The minimum atomic E-state index is -0.907. The van der Waals surface area contributed by atoms with Gasteiger partial charge in [0, 0.05) is 11.9 Å². The van der Waals surface area contributed by atoms with Crippen LogP contribution < -0.4 is 69.3 Å². The molecule has 0 bridgehead atoms. The fourth-order valence-electron chi connectivity index (χ4n) is 3.87. The molecule has 0 fully saturated rings. The molecule has 0 heterocycles. The van der Waals surface area contributed by atoms with Crippen LogP contribution in [0.25, 0.3) is 0 Å². The van der Waals surface area contributed by atoms with Crippen molar-refractivity contribution in [2.24, 2.45) is 0 Å². The summed E-state index contributed by atoms with van der Waals surface area (Å²) in [7, 11) is 0. The number of carbonyl (C=O) groups is 2. The van der Waals surface area contributed by atoms with E-state index in [0.717, 1.165) is 25.7 Å². The molecule has 0 aromatic rings. The number of carboxylic acids is 2. The quantitative estimate of drug-likeness (QED) is 0.146. The fourth-order valence-corrected chi connectivity index (χ4v) is 3.87. The molecule has 0 aliphatic rings. The Hall–Kier alpha value is 0.940. The van der Waals surface area contributed by atoms with Gasteiger partial charge in [-0.3, -0.25) is 0 Å². The maximum atomic E-state index is 10.1. The van der Waals surface area contributed by atoms with Gasteiger partial charge in [0.25, 0.3) is 0 Å². The zero-order chi connectivity index (χ0) is 24.1. The van der Waals surface area contributed by atoms with Gasteiger partial charge in [0.05, 0.1) is 0 Å². The van der Waals surface area contributed by atoms with Crippen molar-refractivity contribution in [1.82, 2.24) is 0 Å². The number of unbranched alkanes of at least 4 members (excludes halogenated alkanes) is 20. The van der Waals surface area contributed by atoms with E-state index in [1.54, 1.807) is 0 Å². The van der Waals surface area contributed by atoms with Crippen molar-refractivity contribution in [3.8, 4) is 0 Å². The van der Waals surface area contributed by atoms with Gasteiger partial charge in [0.15, 0.2) is 0 Å². The Morgan fingerprint density at radius 3 is 0.735 bits per heavy atom. The summed E-state index contributed by atoms with van der Waals surface area (Å²) in [6.07, 6.45) is 28.1. The zero-order valence-electron chi connectivity index (χ0n) is 23.6. The minimum Gasteiger partial charge on any atom is -0.550 e. The van der Waals surface area contributed by atoms with Crippen molar-refractivity contribution in [2.75, 3.05) is 0 Å². The minimum absolute atomic E-state index is 0. The van der Waals surface area contributed by atoms with Gasteiger partial charge >= 0.3 is 59.1 Å². The van der Waals surface area contributed by atoms with Crippen LogP contribution in [0.2, 0.25) is 0 Å². The number of carbonyl (C=O) groups excluding carboxylic acids is 2. The molecule has 0 rings (SSSR count). The van der Waals surface area contributed by atoms with Gasteiger partial charge in [0.2, 0.25) is 0 Å². The van der Waals surface area contributed by atoms with E-state index in [4.69, 9.17) is 0 Å². The number of hydrogen-bond acceptors (Lipinski definition) is 4. The first-order valence-corrected chi connectivity index (χ1v) is 13.9. The van der Waals surface area contributed by atoms with Gasteiger partial charge in [-0.25, -0.2) is 0 Å². The molecule has 0 unspecified atom stereocenters. The van der Waals surface area contributed by atoms with Crippen molar-refractivity contribution >= 4 is 11.9 Å². The average Bonchev–Trinajstić information content (AvgIpc) is 2.76. The standard InChI is InChI=1S/2C14H28O2.2Na/c2*1-2-3-4-5-6-7-8-9-10-11-12-13-14(15)16;;/h2*2-13H2,1H3,(H,15,16);;/q;;2*+1/p-2. The third-order valence-corrected chi connectivity index (χ3v) is 5.97. The molecule has 0 N–H and O–H groups in total. The molecule has 4 nitrogen and oxygen atoms in total. The molecule has 0 saturated carbocycles. The average molecular weight is 501 g/mol. The van der Waals surface area contributed by atoms with E-state index in [-0.39, 0.29) is 72.0 Å². The van der Waals surface area contributed by atoms with Crippen molar-refractivity contribution in [2.45, 2.75) is 168 Å². The van der Waals surface area contributed by atoms with Gasteiger partial charge in [-0.1, -0.05) is 142 Å². The second-order valence-corrected chi connectivity index (χ2v) is 9.32. The molecule has 192 valence electrons. The van der Waals surface area contributed by atoms with Crippen molar-refractivity contribution < 1.29 is 78.9 Å². The maximum Gasteiger partial charge on any atom is 1.00 e. The summed E-state index contributed by atoms with van der Waals surface area (Å²) in [4.78, 5) is 20.3. The summed E-state index contributed by atoms with van der Waals surface area (Å²) in [5, 5.41) is 20.3. The van der Waals surface area contributed by atoms with Crippen LogP contribution in [0.3, 0.4) is 0 Å². The molecule has 0 amide bonds. The molecular weight excluding hydrogens is 446 g/mol. The Bertz CT molecular complexity index is 357. The van der Waals surface area contributed by atoms with Crippen LogP contribution >= 0.6 is 0 Å². The summed E-state index contributed by atoms with van der Waals surface area (Å²) in [6, 6.07) is 0. The molecular formula is C28H54Na2O4. The van der Waals surface area contributed by atoms with Crippen LogP contribution in [0.1, 0.15) is 168 Å². The molecule has 0 radical (unpaired) electrons. The van der Waals surface area contributed by atoms with Crippen LogP contribution in [0.15, 0.2) is 0 Å². The van der Waals surface area contributed by atoms with Crippen molar-refractivity contribution in [1.29, 1.82) is 0 Å². The molecule has 0 spiro atoms. The Kier molecular flexibility index (Phi) is 47.6. The molecule has 0 atom stereocenters. The first kappa shape index (κ1) is 42.0. The number of aliphatic carboxylic acids is 2. The van der Waals surface area contributed by atoms with Gasteiger partial charge in [-0.05, 0) is 25.7 Å². The second-order valence-electron chi connectivity index (χ2n) is 9.32. The molecule has 0 aromatic carbocycles. The second kappa shape index (κ2) is 38.5. The van der Waals surface area contributed by atoms with E-state index in [0.29, 0.717) is 0 Å². The first-order chi connectivity index (χ1) is 15.5. The Morgan fingerprint density at radius 2 is 0.559 bits per heavy atom. The van der Waals surface area contributed by atoms with Gasteiger partial charge < -0.3 is 19.8 Å². The summed E-state index contributed by atoms with van der Waals surface area (Å²) < 4.78 is 0. The van der Waals surface area contributed by atoms with Gasteiger partial charge in [-0.2, -0.15) is 0 Å². The summed E-state index contributed by atoms with van der Waals surface area (Å²) in [5.74, 6) is -1.81. The van der Waals surface area contributed by atoms with Crippen LogP contribution in [0, 0.1) is 0 Å². The molecule has 6 heteroatoms. The molecule has 0 saturated heterocycles. The molecule has 0 aromatic heterocycles. The predicted octanol–water partition coefficient (Wildman–Crippen LogP) is 0.883. The molecule has 34 heavy (non-hydrogen) atoms. The monoisotopic (exact) mass is 500 g/mol. The van der Waals surface area contributed by atoms with E-state index in [9.17, 15) is 19.8 Å². The van der Waals surface area contributed by atoms with Crippen molar-refractivity contribution in [3.05, 3.63) is 0 Å². The Morgan fingerprint density at radius 1 is 0.382 bits per heavy atom. The Balaban J connectivity index is -0.000000250. The molecule has 0 aliphatic heterocycles. The van der Waals surface area contributed by atoms with Crippen LogP contribution in [-0.2, 0) is 9.59 Å². The third kappa shape index (κ3) is 46.3. The summed E-state index contributed by atoms with van der Waals surface area (Å²) >= 11 is 0. The largest absolute Gasteiger partial charge is 1.00 e. The van der Waals surface area contributed by atoms with E-state index in [1.165, 1.54) is 116 Å². The smallest absolute Gasteiger partial charge is 0.550 e. The number of rotatable bonds is 24.